The van der Waals surface area contributed by atoms with Gasteiger partial charge >= 0.3 is 0 Å². The average Bonchev–Trinajstić information content (AvgIpc) is 2.93. The molecule has 0 saturated carbocycles. The van der Waals surface area contributed by atoms with Gasteiger partial charge in [0.2, 0.25) is 0 Å². The Morgan fingerprint density at radius 1 is 0.846 bits per heavy atom. The second-order valence-electron chi connectivity index (χ2n) is 9.78. The summed E-state index contributed by atoms with van der Waals surface area (Å²) >= 11 is 0. The van der Waals surface area contributed by atoms with Crippen molar-refractivity contribution in [3.05, 3.63) is 77.9 Å². The van der Waals surface area contributed by atoms with Crippen LogP contribution in [0, 0.1) is 0 Å². The van der Waals surface area contributed by atoms with Gasteiger partial charge in [-0.3, -0.25) is 14.5 Å². The molecule has 3 aromatic carbocycles. The van der Waals surface area contributed by atoms with Gasteiger partial charge in [-0.1, -0.05) is 36.4 Å². The molecule has 3 aromatic rings. The highest BCUT2D eigenvalue weighted by atomic mass is 16.5. The molecule has 0 atom stereocenters. The van der Waals surface area contributed by atoms with E-state index in [9.17, 15) is 9.59 Å². The topological polar surface area (TPSA) is 77.1 Å². The second kappa shape index (κ2) is 14.5. The number of Topliss-reactive ketones (excluding diaryl/α,β-unsaturated/α-hetero) is 1. The molecule has 0 spiro atoms. The molecule has 0 unspecified atom stereocenters. The Kier molecular flexibility index (Phi) is 11.1. The Labute approximate surface area is 232 Å². The van der Waals surface area contributed by atoms with E-state index in [1.807, 2.05) is 43.3 Å². The molecule has 39 heavy (non-hydrogen) atoms. The number of methoxy groups -OCH3 is 1. The first-order valence-corrected chi connectivity index (χ1v) is 13.4. The van der Waals surface area contributed by atoms with Crippen LogP contribution in [-0.4, -0.2) is 62.1 Å². The molecule has 208 valence electrons. The predicted octanol–water partition coefficient (Wildman–Crippen LogP) is 6.33. The van der Waals surface area contributed by atoms with Gasteiger partial charge in [0, 0.05) is 42.6 Å². The number of ketones is 1. The maximum absolute atomic E-state index is 13.4. The van der Waals surface area contributed by atoms with Crippen molar-refractivity contribution in [2.24, 2.45) is 0 Å². The van der Waals surface area contributed by atoms with E-state index in [0.29, 0.717) is 48.0 Å². The van der Waals surface area contributed by atoms with Gasteiger partial charge in [-0.25, -0.2) is 0 Å². The Balaban J connectivity index is 1.83. The summed E-state index contributed by atoms with van der Waals surface area (Å²) in [4.78, 5) is 28.8. The molecular formula is C32H40N2O5. The monoisotopic (exact) mass is 532 g/mol. The van der Waals surface area contributed by atoms with E-state index in [-0.39, 0.29) is 18.0 Å². The number of rotatable bonds is 14. The summed E-state index contributed by atoms with van der Waals surface area (Å²) in [6.45, 7) is 12.0. The van der Waals surface area contributed by atoms with Crippen LogP contribution in [-0.2, 0) is 4.74 Å². The molecule has 7 nitrogen and oxygen atoms in total. The van der Waals surface area contributed by atoms with Crippen molar-refractivity contribution in [1.29, 1.82) is 0 Å². The molecule has 1 amide bonds. The quantitative estimate of drug-likeness (QED) is 0.245. The van der Waals surface area contributed by atoms with E-state index < -0.39 is 5.91 Å². The minimum absolute atomic E-state index is 0.0979. The van der Waals surface area contributed by atoms with Gasteiger partial charge in [0.1, 0.15) is 13.2 Å². The fourth-order valence-corrected chi connectivity index (χ4v) is 4.50. The lowest BCUT2D eigenvalue weighted by Crippen LogP contribution is -2.39. The normalized spacial score (nSPS) is 11.2. The summed E-state index contributed by atoms with van der Waals surface area (Å²) in [6.07, 6.45) is 0. The Morgan fingerprint density at radius 3 is 2.21 bits per heavy atom. The first kappa shape index (κ1) is 29.9. The maximum Gasteiger partial charge on any atom is 0.256 e. The summed E-state index contributed by atoms with van der Waals surface area (Å²) in [7, 11) is 1.58. The van der Waals surface area contributed by atoms with Crippen molar-refractivity contribution in [1.82, 2.24) is 4.90 Å². The molecule has 0 radical (unpaired) electrons. The first-order chi connectivity index (χ1) is 18.7. The van der Waals surface area contributed by atoms with Gasteiger partial charge in [-0.05, 0) is 70.0 Å². The Bertz CT molecular complexity index is 1230. The lowest BCUT2D eigenvalue weighted by Gasteiger charge is -2.30. The number of carbonyl (C=O) groups excluding carboxylic acids is 2. The SMILES string of the molecule is CCOCC(=O)c1cc(-c2ccccc2)ccc1C(=O)Nc1ccc(OC)c(OCCN(C(C)C)C(C)C)c1. The lowest BCUT2D eigenvalue weighted by atomic mass is 9.96. The number of ether oxygens (including phenoxy) is 3. The standard InChI is InChI=1S/C32H40N2O5/c1-7-38-21-29(35)28-19-25(24-11-9-8-10-12-24)13-15-27(28)32(36)33-26-14-16-30(37-6)31(20-26)39-18-17-34(22(2)3)23(4)5/h8-16,19-20,22-23H,7,17-18,21H2,1-6H3,(H,33,36). The minimum Gasteiger partial charge on any atom is -0.493 e. The van der Waals surface area contributed by atoms with Crippen LogP contribution in [0.5, 0.6) is 11.5 Å². The maximum atomic E-state index is 13.4. The average molecular weight is 533 g/mol. The zero-order valence-corrected chi connectivity index (χ0v) is 23.8. The van der Waals surface area contributed by atoms with Gasteiger partial charge < -0.3 is 19.5 Å². The van der Waals surface area contributed by atoms with E-state index in [2.05, 4.69) is 37.9 Å². The van der Waals surface area contributed by atoms with Crippen LogP contribution >= 0.6 is 0 Å². The minimum atomic E-state index is -0.392. The molecule has 0 heterocycles. The molecule has 0 aliphatic heterocycles. The summed E-state index contributed by atoms with van der Waals surface area (Å²) in [5.74, 6) is 0.470. The highest BCUT2D eigenvalue weighted by Crippen LogP contribution is 2.31. The molecule has 0 saturated heterocycles. The van der Waals surface area contributed by atoms with E-state index >= 15 is 0 Å². The Morgan fingerprint density at radius 2 is 1.56 bits per heavy atom. The molecule has 0 bridgehead atoms. The van der Waals surface area contributed by atoms with Crippen molar-refractivity contribution in [3.8, 4) is 22.6 Å². The van der Waals surface area contributed by atoms with Crippen LogP contribution in [0.3, 0.4) is 0 Å². The summed E-state index contributed by atoms with van der Waals surface area (Å²) in [5, 5.41) is 2.92. The van der Waals surface area contributed by atoms with E-state index in [1.54, 1.807) is 37.4 Å². The summed E-state index contributed by atoms with van der Waals surface area (Å²) in [5.41, 5.74) is 2.94. The fraction of sp³-hybridized carbons (Fsp3) is 0.375. The number of carbonyl (C=O) groups is 2. The highest BCUT2D eigenvalue weighted by Gasteiger charge is 2.20. The van der Waals surface area contributed by atoms with Gasteiger partial charge in [0.25, 0.3) is 5.91 Å². The number of nitrogens with one attached hydrogen (secondary N) is 1. The van der Waals surface area contributed by atoms with Crippen LogP contribution in [0.4, 0.5) is 5.69 Å². The largest absolute Gasteiger partial charge is 0.493 e. The van der Waals surface area contributed by atoms with Crippen molar-refractivity contribution in [3.63, 3.8) is 0 Å². The second-order valence-corrected chi connectivity index (χ2v) is 9.78. The van der Waals surface area contributed by atoms with E-state index in [0.717, 1.165) is 17.7 Å². The highest BCUT2D eigenvalue weighted by molar-refractivity contribution is 6.13. The first-order valence-electron chi connectivity index (χ1n) is 13.4. The lowest BCUT2D eigenvalue weighted by molar-refractivity contribution is 0.0779. The zero-order chi connectivity index (χ0) is 28.4. The van der Waals surface area contributed by atoms with Crippen LogP contribution in [0.2, 0.25) is 0 Å². The van der Waals surface area contributed by atoms with Crippen molar-refractivity contribution < 1.29 is 23.8 Å². The number of hydrogen-bond acceptors (Lipinski definition) is 6. The molecule has 0 aromatic heterocycles. The number of hydrogen-bond donors (Lipinski definition) is 1. The number of anilines is 1. The molecule has 0 aliphatic rings. The third kappa shape index (κ3) is 8.15. The van der Waals surface area contributed by atoms with Gasteiger partial charge in [-0.15, -0.1) is 0 Å². The third-order valence-corrected chi connectivity index (χ3v) is 6.46. The Hall–Kier alpha value is -3.68. The van der Waals surface area contributed by atoms with Gasteiger partial charge in [0.15, 0.2) is 17.3 Å². The number of nitrogens with zero attached hydrogens (tertiary/aromatic N) is 1. The van der Waals surface area contributed by atoms with Crippen molar-refractivity contribution in [2.45, 2.75) is 46.7 Å². The summed E-state index contributed by atoms with van der Waals surface area (Å²) in [6, 6.07) is 21.1. The number of benzene rings is 3. The van der Waals surface area contributed by atoms with Gasteiger partial charge in [-0.2, -0.15) is 0 Å². The summed E-state index contributed by atoms with van der Waals surface area (Å²) < 4.78 is 16.9. The van der Waals surface area contributed by atoms with Crippen molar-refractivity contribution in [2.75, 3.05) is 38.8 Å². The van der Waals surface area contributed by atoms with E-state index in [1.165, 1.54) is 0 Å². The smallest absolute Gasteiger partial charge is 0.256 e. The molecule has 3 rings (SSSR count). The van der Waals surface area contributed by atoms with Crippen LogP contribution in [0.1, 0.15) is 55.3 Å². The third-order valence-electron chi connectivity index (χ3n) is 6.46. The zero-order valence-electron chi connectivity index (χ0n) is 23.8. The van der Waals surface area contributed by atoms with Crippen LogP contribution in [0.15, 0.2) is 66.7 Å². The number of amides is 1. The fourth-order valence-electron chi connectivity index (χ4n) is 4.50. The van der Waals surface area contributed by atoms with Gasteiger partial charge in [0.05, 0.1) is 12.7 Å². The van der Waals surface area contributed by atoms with Crippen LogP contribution < -0.4 is 14.8 Å². The van der Waals surface area contributed by atoms with Crippen LogP contribution in [0.25, 0.3) is 11.1 Å². The molecule has 0 aliphatic carbocycles. The predicted molar refractivity (Wildman–Crippen MR) is 156 cm³/mol. The molecule has 1 N–H and O–H groups in total. The van der Waals surface area contributed by atoms with E-state index in [4.69, 9.17) is 14.2 Å². The van der Waals surface area contributed by atoms with Crippen molar-refractivity contribution >= 4 is 17.4 Å². The molecule has 7 heteroatoms. The molecule has 0 fully saturated rings. The molecular weight excluding hydrogens is 492 g/mol.